The van der Waals surface area contributed by atoms with Crippen molar-refractivity contribution >= 4 is 11.8 Å². The third-order valence-electron chi connectivity index (χ3n) is 6.26. The number of fused-ring (bicyclic) bond motifs is 2. The third-order valence-corrected chi connectivity index (χ3v) is 7.42. The summed E-state index contributed by atoms with van der Waals surface area (Å²) in [5.74, 6) is 1.09. The molecule has 0 aliphatic carbocycles. The topological polar surface area (TPSA) is 3.24 Å². The van der Waals surface area contributed by atoms with Crippen molar-refractivity contribution in [1.82, 2.24) is 4.90 Å². The molecule has 2 heteroatoms. The summed E-state index contributed by atoms with van der Waals surface area (Å²) < 4.78 is 0. The van der Waals surface area contributed by atoms with Crippen LogP contribution in [0.2, 0.25) is 0 Å². The van der Waals surface area contributed by atoms with Crippen LogP contribution < -0.4 is 0 Å². The van der Waals surface area contributed by atoms with Gasteiger partial charge in [0.1, 0.15) is 0 Å². The number of hydrogen-bond acceptors (Lipinski definition) is 2. The van der Waals surface area contributed by atoms with Gasteiger partial charge in [-0.3, -0.25) is 0 Å². The quantitative estimate of drug-likeness (QED) is 0.648. The van der Waals surface area contributed by atoms with Gasteiger partial charge in [-0.25, -0.2) is 0 Å². The van der Waals surface area contributed by atoms with Gasteiger partial charge in [0, 0.05) is 10.6 Å². The molecule has 1 atom stereocenters. The Labute approximate surface area is 163 Å². The molecule has 2 aromatic carbocycles. The van der Waals surface area contributed by atoms with Crippen LogP contribution in [0.4, 0.5) is 0 Å². The average Bonchev–Trinajstić information content (AvgIpc) is 2.67. The Morgan fingerprint density at radius 1 is 0.923 bits per heavy atom. The van der Waals surface area contributed by atoms with Crippen LogP contribution in [0, 0.1) is 0 Å². The van der Waals surface area contributed by atoms with Crippen molar-refractivity contribution in [2.24, 2.45) is 0 Å². The predicted molar refractivity (Wildman–Crippen MR) is 113 cm³/mol. The van der Waals surface area contributed by atoms with E-state index in [1.165, 1.54) is 67.8 Å². The molecule has 2 aliphatic heterocycles. The number of nitrogens with zero attached hydrogens (tertiary/aromatic N) is 1. The van der Waals surface area contributed by atoms with E-state index in [0.717, 1.165) is 12.2 Å². The Morgan fingerprint density at radius 2 is 1.65 bits per heavy atom. The number of rotatable bonds is 4. The zero-order chi connectivity index (χ0) is 17.8. The maximum absolute atomic E-state index is 2.69. The van der Waals surface area contributed by atoms with E-state index in [2.05, 4.69) is 60.4 Å². The van der Waals surface area contributed by atoms with E-state index in [-0.39, 0.29) is 5.41 Å². The van der Waals surface area contributed by atoms with Crippen LogP contribution in [0.5, 0.6) is 0 Å². The molecule has 4 rings (SSSR count). The number of thioether (sulfide) groups is 1. The molecule has 1 fully saturated rings. The largest absolute Gasteiger partial charge is 0.303 e. The molecule has 0 radical (unpaired) electrons. The number of likely N-dealkylation sites (tertiary alicyclic amines) is 1. The van der Waals surface area contributed by atoms with Gasteiger partial charge in [0.15, 0.2) is 0 Å². The lowest BCUT2D eigenvalue weighted by molar-refractivity contribution is 0.217. The predicted octanol–water partition coefficient (Wildman–Crippen LogP) is 6.06. The first-order valence-corrected chi connectivity index (χ1v) is 11.2. The van der Waals surface area contributed by atoms with Gasteiger partial charge < -0.3 is 4.90 Å². The summed E-state index contributed by atoms with van der Waals surface area (Å²) in [6.07, 6.45) is 7.96. The van der Waals surface area contributed by atoms with E-state index in [9.17, 15) is 0 Å². The molecule has 1 unspecified atom stereocenters. The summed E-state index contributed by atoms with van der Waals surface area (Å²) in [5, 5.41) is 0. The fourth-order valence-electron chi connectivity index (χ4n) is 4.80. The Hall–Kier alpha value is -1.25. The molecule has 138 valence electrons. The van der Waals surface area contributed by atoms with Gasteiger partial charge in [0.2, 0.25) is 0 Å². The lowest BCUT2D eigenvalue weighted by atomic mass is 9.72. The molecule has 2 heterocycles. The second kappa shape index (κ2) is 8.19. The number of piperidine rings is 1. The first kappa shape index (κ1) is 18.1. The van der Waals surface area contributed by atoms with Crippen LogP contribution in [0.25, 0.3) is 0 Å². The van der Waals surface area contributed by atoms with Gasteiger partial charge in [0.05, 0.1) is 0 Å². The molecule has 26 heavy (non-hydrogen) atoms. The first-order valence-electron chi connectivity index (χ1n) is 10.3. The SMILES string of the molecule is CC1(CCCN2CCCCC2)Cc2ccccc2SCc2ccccc21. The minimum atomic E-state index is 0.240. The van der Waals surface area contributed by atoms with E-state index < -0.39 is 0 Å². The molecular formula is C24H31NS. The van der Waals surface area contributed by atoms with E-state index in [1.54, 1.807) is 5.56 Å². The highest BCUT2D eigenvalue weighted by Gasteiger charge is 2.31. The summed E-state index contributed by atoms with van der Waals surface area (Å²) in [7, 11) is 0. The average molecular weight is 366 g/mol. The van der Waals surface area contributed by atoms with Gasteiger partial charge in [-0.15, -0.1) is 11.8 Å². The summed E-state index contributed by atoms with van der Waals surface area (Å²) >= 11 is 2.00. The van der Waals surface area contributed by atoms with Crippen LogP contribution in [-0.2, 0) is 17.6 Å². The van der Waals surface area contributed by atoms with Gasteiger partial charge in [-0.2, -0.15) is 0 Å². The molecule has 0 amide bonds. The van der Waals surface area contributed by atoms with Crippen molar-refractivity contribution in [3.63, 3.8) is 0 Å². The highest BCUT2D eigenvalue weighted by molar-refractivity contribution is 7.98. The second-order valence-corrected chi connectivity index (χ2v) is 9.31. The molecule has 2 aromatic rings. The van der Waals surface area contributed by atoms with Gasteiger partial charge in [-0.1, -0.05) is 55.8 Å². The van der Waals surface area contributed by atoms with Crippen molar-refractivity contribution in [2.75, 3.05) is 19.6 Å². The minimum Gasteiger partial charge on any atom is -0.303 e. The Balaban J connectivity index is 1.56. The summed E-state index contributed by atoms with van der Waals surface area (Å²) in [5.41, 5.74) is 4.89. The zero-order valence-electron chi connectivity index (χ0n) is 16.0. The fourth-order valence-corrected chi connectivity index (χ4v) is 5.86. The van der Waals surface area contributed by atoms with Crippen molar-refractivity contribution in [1.29, 1.82) is 0 Å². The summed E-state index contributed by atoms with van der Waals surface area (Å²) in [6, 6.07) is 18.2. The normalized spacial score (nSPS) is 23.6. The van der Waals surface area contributed by atoms with Gasteiger partial charge in [0.25, 0.3) is 0 Å². The number of benzene rings is 2. The van der Waals surface area contributed by atoms with Gasteiger partial charge in [-0.05, 0) is 79.9 Å². The monoisotopic (exact) mass is 365 g/mol. The molecule has 0 aromatic heterocycles. The number of hydrogen-bond donors (Lipinski definition) is 0. The molecule has 0 saturated carbocycles. The van der Waals surface area contributed by atoms with Crippen LogP contribution >= 0.6 is 11.8 Å². The molecule has 1 nitrogen and oxygen atoms in total. The first-order chi connectivity index (χ1) is 12.7. The van der Waals surface area contributed by atoms with Crippen LogP contribution in [0.3, 0.4) is 0 Å². The Kier molecular flexibility index (Phi) is 5.71. The van der Waals surface area contributed by atoms with Crippen LogP contribution in [0.15, 0.2) is 53.4 Å². The third kappa shape index (κ3) is 4.02. The lowest BCUT2D eigenvalue weighted by Gasteiger charge is -2.36. The van der Waals surface area contributed by atoms with E-state index in [1.807, 2.05) is 11.8 Å². The Morgan fingerprint density at radius 3 is 2.50 bits per heavy atom. The maximum atomic E-state index is 2.69. The fraction of sp³-hybridized carbons (Fsp3) is 0.500. The maximum Gasteiger partial charge on any atom is 0.0235 e. The van der Waals surface area contributed by atoms with Crippen LogP contribution in [-0.4, -0.2) is 24.5 Å². The summed E-state index contributed by atoms with van der Waals surface area (Å²) in [4.78, 5) is 4.16. The molecule has 1 saturated heterocycles. The molecular weight excluding hydrogens is 334 g/mol. The van der Waals surface area contributed by atoms with E-state index in [0.29, 0.717) is 0 Å². The highest BCUT2D eigenvalue weighted by Crippen LogP contribution is 2.41. The molecule has 2 aliphatic rings. The minimum absolute atomic E-state index is 0.240. The van der Waals surface area contributed by atoms with Crippen molar-refractivity contribution in [2.45, 2.75) is 61.5 Å². The van der Waals surface area contributed by atoms with Crippen molar-refractivity contribution in [3.8, 4) is 0 Å². The lowest BCUT2D eigenvalue weighted by Crippen LogP contribution is -2.33. The summed E-state index contributed by atoms with van der Waals surface area (Å²) in [6.45, 7) is 6.41. The molecule has 0 bridgehead atoms. The van der Waals surface area contributed by atoms with Crippen molar-refractivity contribution in [3.05, 3.63) is 65.2 Å². The molecule has 0 spiro atoms. The van der Waals surface area contributed by atoms with E-state index in [4.69, 9.17) is 0 Å². The Bertz CT molecular complexity index is 734. The van der Waals surface area contributed by atoms with Crippen molar-refractivity contribution < 1.29 is 0 Å². The van der Waals surface area contributed by atoms with Gasteiger partial charge >= 0.3 is 0 Å². The zero-order valence-corrected chi connectivity index (χ0v) is 16.9. The van der Waals surface area contributed by atoms with Crippen LogP contribution in [0.1, 0.15) is 55.7 Å². The molecule has 0 N–H and O–H groups in total. The van der Waals surface area contributed by atoms with E-state index >= 15 is 0 Å². The highest BCUT2D eigenvalue weighted by atomic mass is 32.2. The standard InChI is InChI=1S/C24H31NS/c1-24(14-9-17-25-15-7-2-8-16-25)18-20-10-4-6-13-23(20)26-19-21-11-3-5-12-22(21)24/h3-6,10-13H,2,7-9,14-19H2,1H3. The second-order valence-electron chi connectivity index (χ2n) is 8.30. The smallest absolute Gasteiger partial charge is 0.0235 e.